The monoisotopic (exact) mass is 440 g/mol. The number of carbonyl (C=O) groups excluding carboxylic acids is 1. The molecule has 0 aliphatic carbocycles. The van der Waals surface area contributed by atoms with Gasteiger partial charge in [0.05, 0.1) is 5.02 Å². The predicted molar refractivity (Wildman–Crippen MR) is 119 cm³/mol. The minimum absolute atomic E-state index is 0.282. The highest BCUT2D eigenvalue weighted by molar-refractivity contribution is 6.38. The average Bonchev–Trinajstić information content (AvgIpc) is 3.13. The Morgan fingerprint density at radius 1 is 1.03 bits per heavy atom. The molecule has 0 atom stereocenters. The van der Waals surface area contributed by atoms with Crippen molar-refractivity contribution in [3.63, 3.8) is 0 Å². The first-order chi connectivity index (χ1) is 14.3. The molecule has 5 nitrogen and oxygen atoms in total. The number of hydrogen-bond donors (Lipinski definition) is 1. The van der Waals surface area contributed by atoms with Gasteiger partial charge in [-0.2, -0.15) is 0 Å². The van der Waals surface area contributed by atoms with E-state index in [0.29, 0.717) is 44.0 Å². The molecule has 4 aromatic rings. The van der Waals surface area contributed by atoms with Gasteiger partial charge < -0.3 is 14.5 Å². The van der Waals surface area contributed by atoms with E-state index >= 15 is 0 Å². The molecule has 0 spiro atoms. The van der Waals surface area contributed by atoms with Crippen molar-refractivity contribution in [2.45, 2.75) is 19.4 Å². The number of fused-ring (bicyclic) bond motifs is 1. The molecule has 0 radical (unpaired) electrons. The van der Waals surface area contributed by atoms with E-state index in [4.69, 9.17) is 32.4 Å². The van der Waals surface area contributed by atoms with Gasteiger partial charge in [-0.25, -0.2) is 4.98 Å². The van der Waals surface area contributed by atoms with Crippen molar-refractivity contribution in [1.82, 2.24) is 4.98 Å². The second-order valence-corrected chi connectivity index (χ2v) is 8.06. The lowest BCUT2D eigenvalue weighted by Crippen LogP contribution is -2.42. The highest BCUT2D eigenvalue weighted by Crippen LogP contribution is 2.32. The maximum Gasteiger partial charge on any atom is 0.267 e. The van der Waals surface area contributed by atoms with Crippen LogP contribution in [-0.2, 0) is 4.79 Å². The number of aromatic nitrogens is 1. The zero-order valence-electron chi connectivity index (χ0n) is 16.3. The summed E-state index contributed by atoms with van der Waals surface area (Å²) < 4.78 is 11.7. The fourth-order valence-electron chi connectivity index (χ4n) is 2.92. The summed E-state index contributed by atoms with van der Waals surface area (Å²) in [6.07, 6.45) is 0. The lowest BCUT2D eigenvalue weighted by atomic mass is 10.1. The number of nitrogens with one attached hydrogen (secondary N) is 1. The number of amides is 1. The van der Waals surface area contributed by atoms with Gasteiger partial charge in [0.1, 0.15) is 11.3 Å². The van der Waals surface area contributed by atoms with Crippen LogP contribution in [0.5, 0.6) is 5.75 Å². The second-order valence-electron chi connectivity index (χ2n) is 7.22. The van der Waals surface area contributed by atoms with Crippen molar-refractivity contribution in [1.29, 1.82) is 0 Å². The van der Waals surface area contributed by atoms with Crippen LogP contribution in [0.1, 0.15) is 13.8 Å². The largest absolute Gasteiger partial charge is 0.478 e. The van der Waals surface area contributed by atoms with E-state index in [-0.39, 0.29) is 5.91 Å². The maximum atomic E-state index is 12.8. The van der Waals surface area contributed by atoms with E-state index in [2.05, 4.69) is 10.3 Å². The molecule has 1 aromatic heterocycles. The molecule has 152 valence electrons. The van der Waals surface area contributed by atoms with Crippen LogP contribution in [0, 0.1) is 0 Å². The number of rotatable bonds is 5. The van der Waals surface area contributed by atoms with Crippen molar-refractivity contribution >= 4 is 45.9 Å². The maximum absolute atomic E-state index is 12.8. The van der Waals surface area contributed by atoms with Crippen LogP contribution in [0.2, 0.25) is 10.0 Å². The van der Waals surface area contributed by atoms with E-state index in [0.717, 1.165) is 0 Å². The molecule has 1 amide bonds. The predicted octanol–water partition coefficient (Wildman–Crippen LogP) is 6.60. The smallest absolute Gasteiger partial charge is 0.267 e. The Labute approximate surface area is 183 Å². The Kier molecular flexibility index (Phi) is 5.41. The highest BCUT2D eigenvalue weighted by Gasteiger charge is 2.30. The van der Waals surface area contributed by atoms with Crippen LogP contribution >= 0.6 is 23.2 Å². The molecule has 0 unspecified atom stereocenters. The van der Waals surface area contributed by atoms with Crippen LogP contribution in [-0.4, -0.2) is 16.5 Å². The molecule has 0 fully saturated rings. The molecule has 0 bridgehead atoms. The van der Waals surface area contributed by atoms with Crippen molar-refractivity contribution < 1.29 is 13.9 Å². The van der Waals surface area contributed by atoms with Crippen molar-refractivity contribution in [3.05, 3.63) is 76.8 Å². The zero-order valence-corrected chi connectivity index (χ0v) is 17.8. The van der Waals surface area contributed by atoms with Crippen LogP contribution in [0.25, 0.3) is 22.6 Å². The number of hydrogen-bond acceptors (Lipinski definition) is 4. The fraction of sp³-hybridized carbons (Fsp3) is 0.130. The van der Waals surface area contributed by atoms with Crippen LogP contribution in [0.3, 0.4) is 0 Å². The van der Waals surface area contributed by atoms with Gasteiger partial charge in [0.2, 0.25) is 5.89 Å². The lowest BCUT2D eigenvalue weighted by Gasteiger charge is -2.25. The van der Waals surface area contributed by atoms with Crippen LogP contribution < -0.4 is 10.1 Å². The Hall–Kier alpha value is -3.02. The standard InChI is InChI=1S/C23H18Cl2N2O3/c1-23(2,30-17-9-4-3-5-10-17)22(28)26-16-8-6-7-14(11-16)21-27-19-13-15(24)12-18(25)20(19)29-21/h3-13H,1-2H3,(H,26,28). The van der Waals surface area contributed by atoms with Crippen molar-refractivity contribution in [2.75, 3.05) is 5.32 Å². The molecule has 0 saturated heterocycles. The number of halogens is 2. The number of anilines is 1. The molecule has 30 heavy (non-hydrogen) atoms. The quantitative estimate of drug-likeness (QED) is 0.379. The average molecular weight is 441 g/mol. The summed E-state index contributed by atoms with van der Waals surface area (Å²) in [5.74, 6) is 0.717. The van der Waals surface area contributed by atoms with Gasteiger partial charge in [-0.1, -0.05) is 47.5 Å². The molecule has 7 heteroatoms. The van der Waals surface area contributed by atoms with Gasteiger partial charge in [0, 0.05) is 16.3 Å². The molecule has 0 aliphatic rings. The zero-order chi connectivity index (χ0) is 21.3. The minimum atomic E-state index is -1.07. The molecule has 0 saturated carbocycles. The number of nitrogens with zero attached hydrogens (tertiary/aromatic N) is 1. The van der Waals surface area contributed by atoms with Gasteiger partial charge >= 0.3 is 0 Å². The van der Waals surface area contributed by atoms with Crippen molar-refractivity contribution in [2.24, 2.45) is 0 Å². The summed E-state index contributed by atoms with van der Waals surface area (Å²) in [7, 11) is 0. The van der Waals surface area contributed by atoms with Gasteiger partial charge in [-0.3, -0.25) is 4.79 Å². The molecule has 4 rings (SSSR count). The van der Waals surface area contributed by atoms with Crippen LogP contribution in [0.15, 0.2) is 71.1 Å². The molecule has 1 heterocycles. The first-order valence-corrected chi connectivity index (χ1v) is 9.99. The summed E-state index contributed by atoms with van der Waals surface area (Å²) in [4.78, 5) is 17.3. The van der Waals surface area contributed by atoms with E-state index in [1.54, 1.807) is 56.3 Å². The molecule has 3 aromatic carbocycles. The molecular weight excluding hydrogens is 423 g/mol. The second kappa shape index (κ2) is 8.01. The molecule has 0 aliphatic heterocycles. The number of oxazole rings is 1. The van der Waals surface area contributed by atoms with Gasteiger partial charge in [0.25, 0.3) is 5.91 Å². The normalized spacial score (nSPS) is 11.5. The number of para-hydroxylation sites is 1. The summed E-state index contributed by atoms with van der Waals surface area (Å²) in [5.41, 5.74) is 1.24. The fourth-order valence-corrected chi connectivity index (χ4v) is 3.45. The Morgan fingerprint density at radius 2 is 1.80 bits per heavy atom. The van der Waals surface area contributed by atoms with Crippen molar-refractivity contribution in [3.8, 4) is 17.2 Å². The van der Waals surface area contributed by atoms with E-state index in [1.807, 2.05) is 24.3 Å². The third-order valence-electron chi connectivity index (χ3n) is 4.44. The Balaban J connectivity index is 1.56. The summed E-state index contributed by atoms with van der Waals surface area (Å²) in [5, 5.41) is 3.76. The Morgan fingerprint density at radius 3 is 2.57 bits per heavy atom. The molecule has 1 N–H and O–H groups in total. The first kappa shape index (κ1) is 20.3. The molecular formula is C23H18Cl2N2O3. The number of ether oxygens (including phenoxy) is 1. The van der Waals surface area contributed by atoms with Gasteiger partial charge in [-0.15, -0.1) is 0 Å². The number of carbonyl (C=O) groups is 1. The van der Waals surface area contributed by atoms with E-state index < -0.39 is 5.60 Å². The first-order valence-electron chi connectivity index (χ1n) is 9.23. The minimum Gasteiger partial charge on any atom is -0.478 e. The SMILES string of the molecule is CC(C)(Oc1ccccc1)C(=O)Nc1cccc(-c2nc3cc(Cl)cc(Cl)c3o2)c1. The Bertz CT molecular complexity index is 1220. The lowest BCUT2D eigenvalue weighted by molar-refractivity contribution is -0.128. The summed E-state index contributed by atoms with van der Waals surface area (Å²) >= 11 is 12.2. The van der Waals surface area contributed by atoms with E-state index in [9.17, 15) is 4.79 Å². The van der Waals surface area contributed by atoms with Gasteiger partial charge in [-0.05, 0) is 56.3 Å². The summed E-state index contributed by atoms with van der Waals surface area (Å²) in [6.45, 7) is 3.43. The topological polar surface area (TPSA) is 64.4 Å². The summed E-state index contributed by atoms with van der Waals surface area (Å²) in [6, 6.07) is 19.7. The van der Waals surface area contributed by atoms with Crippen LogP contribution in [0.4, 0.5) is 5.69 Å². The van der Waals surface area contributed by atoms with E-state index in [1.165, 1.54) is 0 Å². The third-order valence-corrected chi connectivity index (χ3v) is 4.94. The third kappa shape index (κ3) is 4.27. The van der Waals surface area contributed by atoms with Gasteiger partial charge in [0.15, 0.2) is 11.2 Å². The highest BCUT2D eigenvalue weighted by atomic mass is 35.5. The number of benzene rings is 3.